The number of nitrogens with one attached hydrogen (secondary N) is 6. The number of carbonyl (C=O) groups excluding carboxylic acids is 4. The van der Waals surface area contributed by atoms with Gasteiger partial charge in [-0.1, -0.05) is 42.5 Å². The molecule has 11 rings (SSSR count). The van der Waals surface area contributed by atoms with E-state index in [1.165, 1.54) is 12.2 Å². The van der Waals surface area contributed by atoms with E-state index in [-0.39, 0.29) is 23.6 Å². The third-order valence-corrected chi connectivity index (χ3v) is 14.6. The van der Waals surface area contributed by atoms with Crippen molar-refractivity contribution in [3.05, 3.63) is 241 Å². The van der Waals surface area contributed by atoms with Crippen LogP contribution in [0, 0.1) is 6.92 Å². The van der Waals surface area contributed by atoms with E-state index < -0.39 is 0 Å². The Morgan fingerprint density at radius 3 is 1.73 bits per heavy atom. The summed E-state index contributed by atoms with van der Waals surface area (Å²) < 4.78 is 22.1. The standard InChI is InChI=1S/C72H69N15O7/c1-6-92-68-51(26-30-62-60(68)34-40-87(62)65-32-36-74-72(83-65)81-57-18-9-16-55(45-57)79-70(91)50-13-7-14-53(43-50)77-67(89)21-11-37-84(3)4)47-85(5)38-12-22-66(88)76-52-27-24-49(25-28-52)69(90)78-54-15-8-17-56(44-54)80-71-73-35-31-64(82-71)86-39-33-59-61(86)19-10-20-63(59)94-42-41-93-58-29-23-48(2)75-46-58/h7-36,39-40,43-46H,6,37-38,41-42,47H2,1-5H3,(H,76,88)(H,77,89)(H,78,90)(H,79,91)(H,73,80,82)(H,74,81,83)/b21-11+,22-12+. The number of carbonyl (C=O) groups is 4. The molecule has 22 heteroatoms. The average Bonchev–Trinajstić information content (AvgIpc) is 1.63. The van der Waals surface area contributed by atoms with Crippen molar-refractivity contribution in [1.82, 2.24) is 43.9 Å². The Hall–Kier alpha value is -12.0. The number of likely N-dealkylation sites (N-methyl/N-ethyl adjacent to an activating group) is 2. The van der Waals surface area contributed by atoms with E-state index in [9.17, 15) is 19.2 Å². The van der Waals surface area contributed by atoms with Gasteiger partial charge in [0.15, 0.2) is 0 Å². The Morgan fingerprint density at radius 1 is 0.521 bits per heavy atom. The lowest BCUT2D eigenvalue weighted by Crippen LogP contribution is -2.19. The number of amides is 4. The number of aryl methyl sites for hydroxylation is 1. The number of benzene rings is 6. The largest absolute Gasteiger partial charge is 0.493 e. The molecule has 0 aliphatic rings. The summed E-state index contributed by atoms with van der Waals surface area (Å²) in [6, 6.07) is 49.3. The van der Waals surface area contributed by atoms with Gasteiger partial charge in [-0.2, -0.15) is 9.97 Å². The van der Waals surface area contributed by atoms with E-state index in [4.69, 9.17) is 24.2 Å². The zero-order chi connectivity index (χ0) is 65.3. The van der Waals surface area contributed by atoms with Crippen LogP contribution >= 0.6 is 0 Å². The number of fused-ring (bicyclic) bond motifs is 2. The lowest BCUT2D eigenvalue weighted by atomic mass is 10.1. The topological polar surface area (TPSA) is 249 Å². The third-order valence-electron chi connectivity index (χ3n) is 14.6. The molecule has 0 saturated heterocycles. The number of ether oxygens (including phenoxy) is 3. The van der Waals surface area contributed by atoms with Gasteiger partial charge in [-0.3, -0.25) is 29.1 Å². The van der Waals surface area contributed by atoms with Crippen LogP contribution in [0.15, 0.2) is 219 Å². The summed E-state index contributed by atoms with van der Waals surface area (Å²) in [7, 11) is 5.80. The Labute approximate surface area is 543 Å². The summed E-state index contributed by atoms with van der Waals surface area (Å²) in [6.07, 6.45) is 15.4. The molecule has 0 radical (unpaired) electrons. The van der Waals surface area contributed by atoms with Crippen molar-refractivity contribution in [1.29, 1.82) is 0 Å². The van der Waals surface area contributed by atoms with Gasteiger partial charge in [0, 0.05) is 124 Å². The highest BCUT2D eigenvalue weighted by Crippen LogP contribution is 2.34. The van der Waals surface area contributed by atoms with Crippen molar-refractivity contribution in [2.45, 2.75) is 20.4 Å². The van der Waals surface area contributed by atoms with Gasteiger partial charge in [-0.25, -0.2) is 9.97 Å². The molecule has 0 atom stereocenters. The number of pyridine rings is 1. The van der Waals surface area contributed by atoms with Crippen LogP contribution in [0.3, 0.4) is 0 Å². The summed E-state index contributed by atoms with van der Waals surface area (Å²) in [5.74, 6) is 2.88. The summed E-state index contributed by atoms with van der Waals surface area (Å²) in [5, 5.41) is 19.9. The van der Waals surface area contributed by atoms with Gasteiger partial charge in [0.2, 0.25) is 23.7 Å². The molecule has 0 aliphatic carbocycles. The molecule has 474 valence electrons. The monoisotopic (exact) mass is 1260 g/mol. The third kappa shape index (κ3) is 16.7. The van der Waals surface area contributed by atoms with Crippen LogP contribution in [0.4, 0.5) is 46.0 Å². The quantitative estimate of drug-likeness (QED) is 0.0207. The number of hydrogen-bond acceptors (Lipinski definition) is 16. The molecule has 0 spiro atoms. The summed E-state index contributed by atoms with van der Waals surface area (Å²) in [4.78, 5) is 79.1. The first-order chi connectivity index (χ1) is 45.8. The van der Waals surface area contributed by atoms with Gasteiger partial charge in [0.25, 0.3) is 11.8 Å². The number of rotatable bonds is 27. The van der Waals surface area contributed by atoms with Crippen LogP contribution in [0.5, 0.6) is 17.2 Å². The van der Waals surface area contributed by atoms with Crippen molar-refractivity contribution < 1.29 is 33.4 Å². The second-order valence-corrected chi connectivity index (χ2v) is 22.0. The van der Waals surface area contributed by atoms with Gasteiger partial charge in [-0.15, -0.1) is 0 Å². The molecule has 11 aromatic rings. The van der Waals surface area contributed by atoms with Crippen molar-refractivity contribution in [2.24, 2.45) is 0 Å². The zero-order valence-electron chi connectivity index (χ0n) is 52.4. The molecule has 0 bridgehead atoms. The molecule has 0 saturated carbocycles. The molecule has 5 heterocycles. The Kier molecular flexibility index (Phi) is 20.4. The second kappa shape index (κ2) is 30.2. The van der Waals surface area contributed by atoms with E-state index in [1.807, 2.05) is 152 Å². The highest BCUT2D eigenvalue weighted by Gasteiger charge is 2.18. The van der Waals surface area contributed by atoms with Crippen LogP contribution in [0.1, 0.15) is 38.9 Å². The van der Waals surface area contributed by atoms with Crippen LogP contribution in [0.25, 0.3) is 33.4 Å². The zero-order valence-corrected chi connectivity index (χ0v) is 52.4. The maximum Gasteiger partial charge on any atom is 0.255 e. The van der Waals surface area contributed by atoms with E-state index in [1.54, 1.807) is 104 Å². The summed E-state index contributed by atoms with van der Waals surface area (Å²) in [5.41, 5.74) is 7.92. The fourth-order valence-electron chi connectivity index (χ4n) is 10.2. The molecule has 94 heavy (non-hydrogen) atoms. The lowest BCUT2D eigenvalue weighted by molar-refractivity contribution is -0.112. The van der Waals surface area contributed by atoms with Crippen LogP contribution < -0.4 is 46.1 Å². The molecule has 6 N–H and O–H groups in total. The number of anilines is 8. The maximum atomic E-state index is 13.4. The van der Waals surface area contributed by atoms with E-state index in [2.05, 4.69) is 51.8 Å². The number of hydrogen-bond donors (Lipinski definition) is 6. The predicted octanol–water partition coefficient (Wildman–Crippen LogP) is 12.4. The Bertz CT molecular complexity index is 4560. The molecule has 0 aliphatic heterocycles. The molecule has 0 unspecified atom stereocenters. The molecule has 4 amide bonds. The smallest absolute Gasteiger partial charge is 0.255 e. The van der Waals surface area contributed by atoms with E-state index >= 15 is 0 Å². The molecule has 5 aromatic heterocycles. The average molecular weight is 1260 g/mol. The molecular formula is C72H69N15O7. The molecular weight excluding hydrogens is 1190 g/mol. The van der Waals surface area contributed by atoms with Crippen LogP contribution in [0.2, 0.25) is 0 Å². The Balaban J connectivity index is 0.643. The number of nitrogens with zero attached hydrogens (tertiary/aromatic N) is 9. The first kappa shape index (κ1) is 63.6. The first-order valence-corrected chi connectivity index (χ1v) is 30.3. The normalized spacial score (nSPS) is 11.4. The maximum absolute atomic E-state index is 13.4. The minimum Gasteiger partial charge on any atom is -0.493 e. The highest BCUT2D eigenvalue weighted by molar-refractivity contribution is 6.07. The van der Waals surface area contributed by atoms with Gasteiger partial charge in [-0.05, 0) is 168 Å². The van der Waals surface area contributed by atoms with Crippen molar-refractivity contribution in [3.8, 4) is 28.9 Å². The van der Waals surface area contributed by atoms with Gasteiger partial charge in [0.1, 0.15) is 42.1 Å². The summed E-state index contributed by atoms with van der Waals surface area (Å²) in [6.45, 7) is 6.68. The highest BCUT2D eigenvalue weighted by atomic mass is 16.5. The second-order valence-electron chi connectivity index (χ2n) is 22.0. The van der Waals surface area contributed by atoms with Crippen LogP contribution in [-0.4, -0.2) is 122 Å². The molecule has 22 nitrogen and oxygen atoms in total. The van der Waals surface area contributed by atoms with Crippen molar-refractivity contribution in [3.63, 3.8) is 0 Å². The van der Waals surface area contributed by atoms with Crippen molar-refractivity contribution >= 4 is 91.5 Å². The van der Waals surface area contributed by atoms with Gasteiger partial charge < -0.3 is 60.1 Å². The SMILES string of the molecule is CCOc1c(CN(C)C/C=C/C(=O)Nc2ccc(C(=O)Nc3cccc(Nc4nccc(-n5ccc6c(OCCOc7ccc(C)nc7)cccc65)n4)c3)cc2)ccc2c1ccn2-c1ccnc(Nc2cccc(NC(=O)c3cccc(NC(=O)/C=C/CN(C)C)c3)c2)n1. The number of aromatic nitrogens is 7. The lowest BCUT2D eigenvalue weighted by Gasteiger charge is -2.18. The van der Waals surface area contributed by atoms with Gasteiger partial charge in [0.05, 0.1) is 23.8 Å². The fourth-order valence-corrected chi connectivity index (χ4v) is 10.2. The Morgan fingerprint density at radius 2 is 1.10 bits per heavy atom. The van der Waals surface area contributed by atoms with E-state index in [0.717, 1.165) is 44.6 Å². The summed E-state index contributed by atoms with van der Waals surface area (Å²) >= 11 is 0. The van der Waals surface area contributed by atoms with Gasteiger partial charge >= 0.3 is 0 Å². The van der Waals surface area contributed by atoms with E-state index in [0.29, 0.717) is 114 Å². The minimum absolute atomic E-state index is 0.285. The predicted molar refractivity (Wildman–Crippen MR) is 368 cm³/mol. The minimum atomic E-state index is -0.342. The van der Waals surface area contributed by atoms with Crippen molar-refractivity contribution in [2.75, 3.05) is 86.0 Å². The van der Waals surface area contributed by atoms with Crippen LogP contribution in [-0.2, 0) is 16.1 Å². The molecule has 0 fully saturated rings. The molecule has 6 aromatic carbocycles. The fraction of sp³-hybridized carbons (Fsp3) is 0.153. The first-order valence-electron chi connectivity index (χ1n) is 30.3.